The van der Waals surface area contributed by atoms with Gasteiger partial charge in [-0.3, -0.25) is 0 Å². The first-order valence-corrected chi connectivity index (χ1v) is 7.75. The SMILES string of the molecule is O=C(O)c1ccccc1.[Na+].c1ccc([P-]c2ccccc2)cc1. The summed E-state index contributed by atoms with van der Waals surface area (Å²) in [5, 5.41) is 11.1. The van der Waals surface area contributed by atoms with Crippen molar-refractivity contribution in [3.05, 3.63) is 96.6 Å². The van der Waals surface area contributed by atoms with E-state index < -0.39 is 5.97 Å². The summed E-state index contributed by atoms with van der Waals surface area (Å²) in [4.78, 5) is 10.2. The Balaban J connectivity index is 0.000000235. The molecule has 0 bridgehead atoms. The smallest absolute Gasteiger partial charge is 0.478 e. The van der Waals surface area contributed by atoms with Crippen molar-refractivity contribution in [1.29, 1.82) is 0 Å². The number of carboxylic acids is 1. The van der Waals surface area contributed by atoms with Crippen LogP contribution in [0.15, 0.2) is 91.0 Å². The molecule has 110 valence electrons. The minimum Gasteiger partial charge on any atom is -0.478 e. The quantitative estimate of drug-likeness (QED) is 0.574. The summed E-state index contributed by atoms with van der Waals surface area (Å²) in [6.07, 6.45) is 0. The van der Waals surface area contributed by atoms with Crippen LogP contribution in [0.3, 0.4) is 0 Å². The molecule has 0 aliphatic rings. The molecule has 0 heterocycles. The van der Waals surface area contributed by atoms with E-state index in [1.54, 1.807) is 30.3 Å². The number of hydrogen-bond donors (Lipinski definition) is 1. The van der Waals surface area contributed by atoms with Crippen LogP contribution in [-0.2, 0) is 0 Å². The Morgan fingerprint density at radius 1 is 0.652 bits per heavy atom. The van der Waals surface area contributed by atoms with E-state index in [-0.39, 0.29) is 29.6 Å². The molecule has 3 rings (SSSR count). The van der Waals surface area contributed by atoms with E-state index >= 15 is 0 Å². The third kappa shape index (κ3) is 7.58. The average Bonchev–Trinajstić information content (AvgIpc) is 2.58. The molecule has 0 aromatic heterocycles. The summed E-state index contributed by atoms with van der Waals surface area (Å²) in [5.74, 6) is -0.879. The van der Waals surface area contributed by atoms with E-state index in [1.165, 1.54) is 19.2 Å². The number of aromatic carboxylic acids is 1. The first-order chi connectivity index (χ1) is 10.8. The summed E-state index contributed by atoms with van der Waals surface area (Å²) in [5.41, 5.74) is 0.331. The minimum absolute atomic E-state index is 0. The van der Waals surface area contributed by atoms with Gasteiger partial charge >= 0.3 is 35.5 Å². The zero-order valence-electron chi connectivity index (χ0n) is 13.0. The van der Waals surface area contributed by atoms with E-state index in [1.807, 2.05) is 12.1 Å². The van der Waals surface area contributed by atoms with Gasteiger partial charge in [0.25, 0.3) is 0 Å². The molecule has 0 radical (unpaired) electrons. The normalized spacial score (nSPS) is 9.04. The largest absolute Gasteiger partial charge is 1.00 e. The summed E-state index contributed by atoms with van der Waals surface area (Å²) in [6.45, 7) is 0. The molecule has 0 amide bonds. The Kier molecular flexibility index (Phi) is 9.51. The van der Waals surface area contributed by atoms with E-state index in [9.17, 15) is 4.79 Å². The standard InChI is InChI=1S/C12H10P.C7H6O2.Na/c1-3-7-11(8-4-1)13-12-9-5-2-6-10-12;8-7(9)6-4-2-1-3-5-6;/h1-10H;1-5H,(H,8,9);/q-1;;+1. The maximum atomic E-state index is 10.2. The van der Waals surface area contributed by atoms with Crippen LogP contribution in [0, 0.1) is 0 Å². The monoisotopic (exact) mass is 330 g/mol. The molecule has 1 N–H and O–H groups in total. The van der Waals surface area contributed by atoms with Crippen molar-refractivity contribution in [2.75, 3.05) is 0 Å². The maximum absolute atomic E-state index is 10.2. The van der Waals surface area contributed by atoms with Gasteiger partial charge in [0, 0.05) is 0 Å². The average molecular weight is 330 g/mol. The van der Waals surface area contributed by atoms with Crippen LogP contribution in [0.2, 0.25) is 0 Å². The van der Waals surface area contributed by atoms with E-state index in [4.69, 9.17) is 5.11 Å². The Morgan fingerprint density at radius 2 is 1.00 bits per heavy atom. The first kappa shape index (κ1) is 19.6. The molecule has 0 fully saturated rings. The number of carboxylic acid groups (broad SMARTS) is 1. The van der Waals surface area contributed by atoms with Gasteiger partial charge in [-0.05, 0) is 12.1 Å². The summed E-state index contributed by atoms with van der Waals surface area (Å²) in [6, 6.07) is 29.3. The number of benzene rings is 3. The van der Waals surface area contributed by atoms with Crippen LogP contribution in [0.4, 0.5) is 0 Å². The number of carbonyl (C=O) groups is 1. The molecule has 0 aliphatic heterocycles. The van der Waals surface area contributed by atoms with Gasteiger partial charge in [-0.1, -0.05) is 78.9 Å². The third-order valence-electron chi connectivity index (χ3n) is 2.79. The zero-order valence-corrected chi connectivity index (χ0v) is 15.9. The molecule has 0 saturated carbocycles. The third-order valence-corrected chi connectivity index (χ3v) is 3.90. The van der Waals surface area contributed by atoms with Gasteiger partial charge in [0.1, 0.15) is 0 Å². The second-order valence-corrected chi connectivity index (χ2v) is 5.71. The molecule has 0 atom stereocenters. The van der Waals surface area contributed by atoms with Crippen molar-refractivity contribution in [2.24, 2.45) is 0 Å². The fourth-order valence-corrected chi connectivity index (χ4v) is 2.68. The van der Waals surface area contributed by atoms with Crippen LogP contribution in [0.25, 0.3) is 0 Å². The van der Waals surface area contributed by atoms with Crippen LogP contribution in [0.1, 0.15) is 10.4 Å². The second-order valence-electron chi connectivity index (χ2n) is 4.45. The molecule has 3 aromatic carbocycles. The molecule has 0 aliphatic carbocycles. The molecule has 0 saturated heterocycles. The molecule has 23 heavy (non-hydrogen) atoms. The van der Waals surface area contributed by atoms with Gasteiger partial charge in [-0.2, -0.15) is 0 Å². The second kappa shape index (κ2) is 11.2. The Hall–Kier alpha value is -1.44. The molecule has 2 nitrogen and oxygen atoms in total. The van der Waals surface area contributed by atoms with Gasteiger partial charge < -0.3 is 13.7 Å². The molecule has 0 spiro atoms. The molecular weight excluding hydrogens is 314 g/mol. The van der Waals surface area contributed by atoms with Gasteiger partial charge in [-0.25, -0.2) is 15.4 Å². The van der Waals surface area contributed by atoms with Crippen molar-refractivity contribution in [3.8, 4) is 0 Å². The van der Waals surface area contributed by atoms with Crippen molar-refractivity contribution in [1.82, 2.24) is 0 Å². The molecule has 4 heteroatoms. The predicted molar refractivity (Wildman–Crippen MR) is 92.5 cm³/mol. The van der Waals surface area contributed by atoms with Gasteiger partial charge in [-0.15, -0.1) is 0 Å². The van der Waals surface area contributed by atoms with Crippen molar-refractivity contribution in [2.45, 2.75) is 0 Å². The van der Waals surface area contributed by atoms with Crippen LogP contribution in [-0.4, -0.2) is 11.1 Å². The van der Waals surface area contributed by atoms with Crippen molar-refractivity contribution in [3.63, 3.8) is 0 Å². The van der Waals surface area contributed by atoms with E-state index in [0.29, 0.717) is 5.56 Å². The summed E-state index contributed by atoms with van der Waals surface area (Å²) < 4.78 is 0. The van der Waals surface area contributed by atoms with Crippen molar-refractivity contribution >= 4 is 25.2 Å². The van der Waals surface area contributed by atoms with Gasteiger partial charge in [0.2, 0.25) is 0 Å². The Bertz CT molecular complexity index is 651. The van der Waals surface area contributed by atoms with Gasteiger partial charge in [0.15, 0.2) is 0 Å². The minimum atomic E-state index is -0.879. The van der Waals surface area contributed by atoms with Crippen molar-refractivity contribution < 1.29 is 39.5 Å². The molecule has 0 unspecified atom stereocenters. The molecule has 3 aromatic rings. The van der Waals surface area contributed by atoms with E-state index in [2.05, 4.69) is 48.5 Å². The Labute approximate surface area is 160 Å². The molecular formula is C19H16NaO2P. The summed E-state index contributed by atoms with van der Waals surface area (Å²) in [7, 11) is 1.28. The first-order valence-electron chi connectivity index (χ1n) is 6.86. The number of hydrogen-bond acceptors (Lipinski definition) is 1. The van der Waals surface area contributed by atoms with Crippen LogP contribution >= 0.6 is 8.58 Å². The fraction of sp³-hybridized carbons (Fsp3) is 0. The summed E-state index contributed by atoms with van der Waals surface area (Å²) >= 11 is 0. The Morgan fingerprint density at radius 3 is 1.30 bits per heavy atom. The maximum Gasteiger partial charge on any atom is 1.00 e. The zero-order chi connectivity index (χ0) is 15.6. The fourth-order valence-electron chi connectivity index (χ4n) is 1.73. The van der Waals surface area contributed by atoms with Gasteiger partial charge in [0.05, 0.1) is 5.56 Å². The number of rotatable bonds is 3. The van der Waals surface area contributed by atoms with Crippen LogP contribution in [0.5, 0.6) is 0 Å². The van der Waals surface area contributed by atoms with E-state index in [0.717, 1.165) is 0 Å². The van der Waals surface area contributed by atoms with Crippen LogP contribution < -0.4 is 40.2 Å². The predicted octanol–water partition coefficient (Wildman–Crippen LogP) is 0.972. The topological polar surface area (TPSA) is 37.3 Å².